The van der Waals surface area contributed by atoms with Crippen molar-refractivity contribution in [3.8, 4) is 0 Å². The van der Waals surface area contributed by atoms with E-state index in [1.807, 2.05) is 0 Å². The van der Waals surface area contributed by atoms with Crippen LogP contribution in [0.1, 0.15) is 172 Å². The molecule has 0 amide bonds. The molecule has 8 bridgehead atoms. The smallest absolute Gasteiger partial charge is 0.0726 e. The summed E-state index contributed by atoms with van der Waals surface area (Å²) in [5, 5.41) is 0. The van der Waals surface area contributed by atoms with Crippen molar-refractivity contribution in [3.05, 3.63) is 90.7 Å². The molecule has 0 radical (unpaired) electrons. The maximum atomic E-state index is 5.75. The standard InChI is InChI=1S/C46H64N4/c1-11-21-23-25-29-27-30-28-40-31(13-3)32(14-4)42(48-40)37(19-9)43-33(15-5)34(16-6)44(49-43)38(20-10)45-35(17-7)36(18-8)46(50-45)39(41(29)47-30)26-24-22-12-2/h27-28H,11-26H2,1-10H3. The molecule has 0 aliphatic carbocycles. The Hall–Kier alpha value is -3.40. The molecule has 268 valence electrons. The van der Waals surface area contributed by atoms with Crippen LogP contribution in [0.3, 0.4) is 0 Å². The van der Waals surface area contributed by atoms with Gasteiger partial charge in [0.2, 0.25) is 0 Å². The number of hydrogen-bond acceptors (Lipinski definition) is 4. The lowest BCUT2D eigenvalue weighted by molar-refractivity contribution is 0.714. The van der Waals surface area contributed by atoms with E-state index in [-0.39, 0.29) is 0 Å². The van der Waals surface area contributed by atoms with Crippen molar-refractivity contribution in [1.82, 2.24) is 0 Å². The van der Waals surface area contributed by atoms with Crippen LogP contribution in [-0.4, -0.2) is 22.8 Å². The summed E-state index contributed by atoms with van der Waals surface area (Å²) >= 11 is 0. The molecule has 0 fully saturated rings. The van der Waals surface area contributed by atoms with Gasteiger partial charge < -0.3 is 0 Å². The third-order valence-corrected chi connectivity index (χ3v) is 11.3. The average Bonchev–Trinajstić information content (AvgIpc) is 3.89. The van der Waals surface area contributed by atoms with E-state index < -0.39 is 0 Å². The fourth-order valence-corrected chi connectivity index (χ4v) is 8.79. The van der Waals surface area contributed by atoms with Gasteiger partial charge in [0.15, 0.2) is 0 Å². The van der Waals surface area contributed by atoms with Crippen LogP contribution in [0.5, 0.6) is 0 Å². The first-order valence-electron chi connectivity index (χ1n) is 20.6. The van der Waals surface area contributed by atoms with Gasteiger partial charge in [-0.25, -0.2) is 20.0 Å². The molecule has 0 saturated heterocycles. The predicted octanol–water partition coefficient (Wildman–Crippen LogP) is 13.7. The molecule has 0 N–H and O–H groups in total. The Labute approximate surface area is 304 Å². The third-order valence-electron chi connectivity index (χ3n) is 11.3. The molecule has 0 atom stereocenters. The fraction of sp³-hybridized carbons (Fsp3) is 0.565. The zero-order valence-electron chi connectivity index (χ0n) is 33.3. The van der Waals surface area contributed by atoms with Crippen molar-refractivity contribution in [2.75, 3.05) is 0 Å². The summed E-state index contributed by atoms with van der Waals surface area (Å²) in [4.78, 5) is 22.5. The fourth-order valence-electron chi connectivity index (χ4n) is 8.79. The highest BCUT2D eigenvalue weighted by Gasteiger charge is 2.35. The first-order valence-corrected chi connectivity index (χ1v) is 20.6. The summed E-state index contributed by atoms with van der Waals surface area (Å²) in [5.41, 5.74) is 22.9. The molecule has 5 rings (SSSR count). The second-order valence-corrected chi connectivity index (χ2v) is 14.2. The van der Waals surface area contributed by atoms with Crippen molar-refractivity contribution >= 4 is 22.8 Å². The zero-order chi connectivity index (χ0) is 35.9. The number of hydrogen-bond donors (Lipinski definition) is 0. The van der Waals surface area contributed by atoms with Gasteiger partial charge in [-0.15, -0.1) is 0 Å². The van der Waals surface area contributed by atoms with Gasteiger partial charge in [0.1, 0.15) is 0 Å². The molecule has 0 saturated carbocycles. The normalized spacial score (nSPS) is 19.3. The minimum Gasteiger partial charge on any atom is -0.248 e. The lowest BCUT2D eigenvalue weighted by atomic mass is 9.87. The van der Waals surface area contributed by atoms with E-state index in [0.29, 0.717) is 0 Å². The second kappa shape index (κ2) is 17.2. The van der Waals surface area contributed by atoms with E-state index in [1.165, 1.54) is 116 Å². The maximum Gasteiger partial charge on any atom is 0.0726 e. The van der Waals surface area contributed by atoms with Gasteiger partial charge >= 0.3 is 0 Å². The molecule has 0 aromatic rings. The van der Waals surface area contributed by atoms with Crippen LogP contribution < -0.4 is 0 Å². The monoisotopic (exact) mass is 673 g/mol. The second-order valence-electron chi connectivity index (χ2n) is 14.2. The number of aliphatic imine (C=N–C) groups is 4. The number of allylic oxidation sites excluding steroid dienone is 12. The van der Waals surface area contributed by atoms with Crippen LogP contribution >= 0.6 is 0 Å². The Morgan fingerprint density at radius 3 is 1.28 bits per heavy atom. The Bertz CT molecular complexity index is 1760. The van der Waals surface area contributed by atoms with E-state index in [0.717, 1.165) is 87.7 Å². The first kappa shape index (κ1) is 37.8. The largest absolute Gasteiger partial charge is 0.248 e. The molecule has 5 heterocycles. The van der Waals surface area contributed by atoms with Gasteiger partial charge in [-0.2, -0.15) is 0 Å². The highest BCUT2D eigenvalue weighted by molar-refractivity contribution is 6.23. The third kappa shape index (κ3) is 6.93. The molecule has 0 aromatic heterocycles. The highest BCUT2D eigenvalue weighted by atomic mass is 14.9. The zero-order valence-corrected chi connectivity index (χ0v) is 33.3. The van der Waals surface area contributed by atoms with E-state index in [9.17, 15) is 0 Å². The van der Waals surface area contributed by atoms with E-state index >= 15 is 0 Å². The predicted molar refractivity (Wildman–Crippen MR) is 219 cm³/mol. The summed E-state index contributed by atoms with van der Waals surface area (Å²) < 4.78 is 0. The number of rotatable bonds is 16. The van der Waals surface area contributed by atoms with Crippen molar-refractivity contribution in [2.45, 2.75) is 172 Å². The van der Waals surface area contributed by atoms with E-state index in [2.05, 4.69) is 81.4 Å². The van der Waals surface area contributed by atoms with Gasteiger partial charge in [-0.1, -0.05) is 94.9 Å². The van der Waals surface area contributed by atoms with Gasteiger partial charge in [-0.3, -0.25) is 0 Å². The Kier molecular flexibility index (Phi) is 13.0. The molecule has 0 unspecified atom stereocenters. The van der Waals surface area contributed by atoms with Crippen LogP contribution in [0, 0.1) is 0 Å². The minimum absolute atomic E-state index is 0.899. The topological polar surface area (TPSA) is 49.4 Å². The van der Waals surface area contributed by atoms with Crippen molar-refractivity contribution in [1.29, 1.82) is 0 Å². The van der Waals surface area contributed by atoms with Crippen molar-refractivity contribution in [2.24, 2.45) is 20.0 Å². The Morgan fingerprint density at radius 2 is 0.800 bits per heavy atom. The minimum atomic E-state index is 0.899. The quantitative estimate of drug-likeness (QED) is 0.147. The Balaban J connectivity index is 1.94. The van der Waals surface area contributed by atoms with Crippen LogP contribution in [0.4, 0.5) is 0 Å². The summed E-state index contributed by atoms with van der Waals surface area (Å²) in [6.45, 7) is 23.0. The van der Waals surface area contributed by atoms with Gasteiger partial charge in [0, 0.05) is 16.7 Å². The Morgan fingerprint density at radius 1 is 0.360 bits per heavy atom. The van der Waals surface area contributed by atoms with E-state index in [1.54, 1.807) is 0 Å². The summed E-state index contributed by atoms with van der Waals surface area (Å²) in [7, 11) is 0. The van der Waals surface area contributed by atoms with Crippen LogP contribution in [0.2, 0.25) is 0 Å². The molecule has 4 heteroatoms. The van der Waals surface area contributed by atoms with Crippen LogP contribution in [-0.2, 0) is 0 Å². The van der Waals surface area contributed by atoms with Crippen LogP contribution in [0.15, 0.2) is 111 Å². The summed E-state index contributed by atoms with van der Waals surface area (Å²) in [6, 6.07) is 0. The molecule has 5 aliphatic heterocycles. The summed E-state index contributed by atoms with van der Waals surface area (Å²) in [6.07, 6.45) is 21.5. The number of unbranched alkanes of at least 4 members (excludes halogenated alkanes) is 4. The average molecular weight is 673 g/mol. The SMILES string of the molecule is CCCCCC1=CC2=CC3=NC(=C(CC)C4=NC(=C(CC)C5=NC(=C(CCCCC)C1=N2)C(CC)=C5CC)C(CC)=C4CC)C(CC)=C3CC. The summed E-state index contributed by atoms with van der Waals surface area (Å²) in [5.74, 6) is 0. The number of nitrogens with zero attached hydrogens (tertiary/aromatic N) is 4. The molecule has 4 nitrogen and oxygen atoms in total. The lowest BCUT2D eigenvalue weighted by Gasteiger charge is -2.15. The molecular formula is C46H64N4. The van der Waals surface area contributed by atoms with Crippen LogP contribution in [0.25, 0.3) is 0 Å². The van der Waals surface area contributed by atoms with Gasteiger partial charge in [-0.05, 0) is 128 Å². The highest BCUT2D eigenvalue weighted by Crippen LogP contribution is 2.44. The molecular weight excluding hydrogens is 609 g/mol. The van der Waals surface area contributed by atoms with Crippen molar-refractivity contribution in [3.63, 3.8) is 0 Å². The lowest BCUT2D eigenvalue weighted by Crippen LogP contribution is -2.08. The molecule has 50 heavy (non-hydrogen) atoms. The van der Waals surface area contributed by atoms with E-state index in [4.69, 9.17) is 20.0 Å². The van der Waals surface area contributed by atoms with Gasteiger partial charge in [0.05, 0.1) is 45.6 Å². The molecule has 0 aromatic carbocycles. The van der Waals surface area contributed by atoms with Crippen molar-refractivity contribution < 1.29 is 0 Å². The first-order chi connectivity index (χ1) is 24.4. The molecule has 0 spiro atoms. The molecule has 5 aliphatic rings. The van der Waals surface area contributed by atoms with Gasteiger partial charge in [0.25, 0.3) is 0 Å². The maximum absolute atomic E-state index is 5.75. The number of fused-ring (bicyclic) bond motifs is 4.